The molecule has 0 saturated carbocycles. The summed E-state index contributed by atoms with van der Waals surface area (Å²) in [5.74, 6) is -0.870. The average Bonchev–Trinajstić information content (AvgIpc) is 2.67. The van der Waals surface area contributed by atoms with Crippen molar-refractivity contribution in [2.24, 2.45) is 7.05 Å². The van der Waals surface area contributed by atoms with Gasteiger partial charge in [-0.3, -0.25) is 0 Å². The van der Waals surface area contributed by atoms with E-state index in [4.69, 9.17) is 0 Å². The average molecular weight is 319 g/mol. The topological polar surface area (TPSA) is 44.1 Å². The zero-order valence-electron chi connectivity index (χ0n) is 9.58. The first kappa shape index (κ1) is 12.9. The number of hydrogen-bond donors (Lipinski definition) is 0. The first-order valence-corrected chi connectivity index (χ1v) is 5.77. The molecule has 0 unspecified atom stereocenters. The number of ether oxygens (including phenoxy) is 1. The van der Waals surface area contributed by atoms with Gasteiger partial charge < -0.3 is 9.30 Å². The second-order valence-electron chi connectivity index (χ2n) is 3.65. The quantitative estimate of drug-likeness (QED) is 0.799. The molecule has 4 nitrogen and oxygen atoms in total. The number of hydrogen-bond acceptors (Lipinski definition) is 3. The lowest BCUT2D eigenvalue weighted by Crippen LogP contribution is -2.02. The van der Waals surface area contributed by atoms with Gasteiger partial charge in [-0.15, -0.1) is 0 Å². The number of alkyl halides is 2. The van der Waals surface area contributed by atoms with Crippen LogP contribution in [0.2, 0.25) is 0 Å². The van der Waals surface area contributed by atoms with Crippen LogP contribution in [0.15, 0.2) is 16.6 Å². The molecule has 0 aliphatic heterocycles. The van der Waals surface area contributed by atoms with Crippen molar-refractivity contribution < 1.29 is 18.3 Å². The van der Waals surface area contributed by atoms with E-state index in [0.29, 0.717) is 15.5 Å². The van der Waals surface area contributed by atoms with E-state index < -0.39 is 12.4 Å². The molecule has 0 fully saturated rings. The molecule has 0 amide bonds. The lowest BCUT2D eigenvalue weighted by molar-refractivity contribution is 0.0601. The lowest BCUT2D eigenvalue weighted by atomic mass is 10.2. The highest BCUT2D eigenvalue weighted by Gasteiger charge is 2.20. The van der Waals surface area contributed by atoms with Crippen molar-refractivity contribution in [2.75, 3.05) is 7.11 Å². The molecule has 2 aromatic rings. The number of carbonyl (C=O) groups excluding carboxylic acids is 1. The number of imidazole rings is 1. The van der Waals surface area contributed by atoms with Crippen molar-refractivity contribution in [2.45, 2.75) is 6.43 Å². The van der Waals surface area contributed by atoms with Crippen molar-refractivity contribution in [1.82, 2.24) is 9.55 Å². The highest BCUT2D eigenvalue weighted by molar-refractivity contribution is 9.10. The number of fused-ring (bicyclic) bond motifs is 1. The maximum atomic E-state index is 12.7. The third kappa shape index (κ3) is 1.98. The van der Waals surface area contributed by atoms with Gasteiger partial charge in [0.1, 0.15) is 5.52 Å². The number of rotatable bonds is 2. The zero-order chi connectivity index (χ0) is 13.4. The van der Waals surface area contributed by atoms with E-state index in [-0.39, 0.29) is 11.4 Å². The maximum absolute atomic E-state index is 12.7. The fourth-order valence-corrected chi connectivity index (χ4v) is 2.23. The lowest BCUT2D eigenvalue weighted by Gasteiger charge is -2.03. The number of aromatic nitrogens is 2. The minimum Gasteiger partial charge on any atom is -0.465 e. The minimum atomic E-state index is -2.67. The first-order valence-electron chi connectivity index (χ1n) is 4.98. The minimum absolute atomic E-state index is 0.278. The summed E-state index contributed by atoms with van der Waals surface area (Å²) in [4.78, 5) is 15.3. The fraction of sp³-hybridized carbons (Fsp3) is 0.273. The molecule has 0 aliphatic rings. The number of nitrogens with zero attached hydrogens (tertiary/aromatic N) is 2. The number of methoxy groups -OCH3 is 1. The molecule has 0 bridgehead atoms. The Bertz CT molecular complexity index is 625. The Hall–Kier alpha value is -1.50. The summed E-state index contributed by atoms with van der Waals surface area (Å²) < 4.78 is 31.8. The Kier molecular flexibility index (Phi) is 3.34. The number of esters is 1. The molecule has 1 heterocycles. The van der Waals surface area contributed by atoms with Crippen LogP contribution in [0.1, 0.15) is 22.6 Å². The van der Waals surface area contributed by atoms with Crippen molar-refractivity contribution in [3.63, 3.8) is 0 Å². The molecular formula is C11H9BrF2N2O2. The van der Waals surface area contributed by atoms with Crippen LogP contribution in [-0.2, 0) is 11.8 Å². The Balaban J connectivity index is 2.72. The smallest absolute Gasteiger partial charge is 0.337 e. The molecule has 0 N–H and O–H groups in total. The van der Waals surface area contributed by atoms with Gasteiger partial charge in [-0.05, 0) is 28.1 Å². The summed E-state index contributed by atoms with van der Waals surface area (Å²) in [7, 11) is 2.73. The Morgan fingerprint density at radius 2 is 2.17 bits per heavy atom. The number of aryl methyl sites for hydroxylation is 1. The number of halogens is 3. The van der Waals surface area contributed by atoms with Gasteiger partial charge in [-0.2, -0.15) is 0 Å². The van der Waals surface area contributed by atoms with Crippen molar-refractivity contribution in [3.8, 4) is 0 Å². The van der Waals surface area contributed by atoms with Gasteiger partial charge in [-0.1, -0.05) is 0 Å². The highest BCUT2D eigenvalue weighted by atomic mass is 79.9. The Morgan fingerprint density at radius 3 is 2.72 bits per heavy atom. The van der Waals surface area contributed by atoms with E-state index >= 15 is 0 Å². The first-order chi connectivity index (χ1) is 8.45. The summed E-state index contributed by atoms with van der Waals surface area (Å²) in [5, 5.41) is 0. The van der Waals surface area contributed by atoms with E-state index in [1.165, 1.54) is 30.9 Å². The molecule has 0 atom stereocenters. The van der Waals surface area contributed by atoms with Gasteiger partial charge in [-0.25, -0.2) is 18.6 Å². The van der Waals surface area contributed by atoms with E-state index in [2.05, 4.69) is 25.7 Å². The molecule has 2 rings (SSSR count). The van der Waals surface area contributed by atoms with Gasteiger partial charge in [0.15, 0.2) is 5.82 Å². The van der Waals surface area contributed by atoms with Crippen molar-refractivity contribution in [3.05, 3.63) is 28.0 Å². The SMILES string of the molecule is COC(=O)c1cc(Br)c2nc(C(F)F)n(C)c2c1. The standard InChI is InChI=1S/C11H9BrF2N2O2/c1-16-7-4-5(11(17)18-2)3-6(12)8(7)15-10(16)9(13)14/h3-4,9H,1-2H3. The van der Waals surface area contributed by atoms with Gasteiger partial charge in [0.2, 0.25) is 0 Å². The summed E-state index contributed by atoms with van der Waals surface area (Å²) in [5.41, 5.74) is 1.11. The molecule has 0 aliphatic carbocycles. The molecule has 1 aromatic carbocycles. The van der Waals surface area contributed by atoms with E-state index in [1.807, 2.05) is 0 Å². The summed E-state index contributed by atoms with van der Waals surface area (Å²) >= 11 is 3.21. The monoisotopic (exact) mass is 318 g/mol. The predicted molar refractivity (Wildman–Crippen MR) is 64.7 cm³/mol. The van der Waals surface area contributed by atoms with Crippen LogP contribution in [0.4, 0.5) is 8.78 Å². The van der Waals surface area contributed by atoms with Gasteiger partial charge in [0.05, 0.1) is 18.2 Å². The Labute approximate surface area is 110 Å². The van der Waals surface area contributed by atoms with Gasteiger partial charge in [0.25, 0.3) is 6.43 Å². The van der Waals surface area contributed by atoms with Crippen LogP contribution < -0.4 is 0 Å². The normalized spacial score (nSPS) is 11.2. The van der Waals surface area contributed by atoms with Crippen LogP contribution in [-0.4, -0.2) is 22.6 Å². The van der Waals surface area contributed by atoms with Crippen molar-refractivity contribution in [1.29, 1.82) is 0 Å². The zero-order valence-corrected chi connectivity index (χ0v) is 11.2. The van der Waals surface area contributed by atoms with Gasteiger partial charge in [0, 0.05) is 11.5 Å². The molecular weight excluding hydrogens is 310 g/mol. The number of carbonyl (C=O) groups is 1. The summed E-state index contributed by atoms with van der Waals surface area (Å²) in [6.07, 6.45) is -2.67. The van der Waals surface area contributed by atoms with E-state index in [0.717, 1.165) is 0 Å². The van der Waals surface area contributed by atoms with E-state index in [1.54, 1.807) is 0 Å². The van der Waals surface area contributed by atoms with Crippen LogP contribution in [0.25, 0.3) is 11.0 Å². The molecule has 96 valence electrons. The van der Waals surface area contributed by atoms with Crippen LogP contribution >= 0.6 is 15.9 Å². The van der Waals surface area contributed by atoms with Crippen LogP contribution in [0.5, 0.6) is 0 Å². The third-order valence-corrected chi connectivity index (χ3v) is 3.20. The molecule has 18 heavy (non-hydrogen) atoms. The molecule has 0 saturated heterocycles. The maximum Gasteiger partial charge on any atom is 0.337 e. The molecule has 0 radical (unpaired) electrons. The Morgan fingerprint density at radius 1 is 1.50 bits per heavy atom. The molecule has 1 aromatic heterocycles. The summed E-state index contributed by atoms with van der Waals surface area (Å²) in [6, 6.07) is 2.97. The molecule has 7 heteroatoms. The van der Waals surface area contributed by atoms with Crippen molar-refractivity contribution >= 4 is 32.9 Å². The van der Waals surface area contributed by atoms with Gasteiger partial charge >= 0.3 is 5.97 Å². The third-order valence-electron chi connectivity index (χ3n) is 2.59. The largest absolute Gasteiger partial charge is 0.465 e. The fourth-order valence-electron chi connectivity index (χ4n) is 1.69. The van der Waals surface area contributed by atoms with Crippen LogP contribution in [0, 0.1) is 0 Å². The summed E-state index contributed by atoms with van der Waals surface area (Å²) in [6.45, 7) is 0. The second kappa shape index (κ2) is 4.64. The number of benzene rings is 1. The van der Waals surface area contributed by atoms with Crippen LogP contribution in [0.3, 0.4) is 0 Å². The molecule has 0 spiro atoms. The second-order valence-corrected chi connectivity index (χ2v) is 4.50. The highest BCUT2D eigenvalue weighted by Crippen LogP contribution is 2.29. The predicted octanol–water partition coefficient (Wildman–Crippen LogP) is 3.06. The van der Waals surface area contributed by atoms with E-state index in [9.17, 15) is 13.6 Å².